The van der Waals surface area contributed by atoms with Crippen molar-refractivity contribution >= 4 is 23.5 Å². The van der Waals surface area contributed by atoms with E-state index < -0.39 is 47.0 Å². The molecule has 0 bridgehead atoms. The Morgan fingerprint density at radius 2 is 1.88 bits per heavy atom. The average Bonchev–Trinajstić information content (AvgIpc) is 2.95. The zero-order valence-electron chi connectivity index (χ0n) is 23.1. The Kier molecular flexibility index (Phi) is 9.77. The van der Waals surface area contributed by atoms with Crippen LogP contribution in [0.5, 0.6) is 34.8 Å². The highest BCUT2D eigenvalue weighted by Crippen LogP contribution is 2.40. The van der Waals surface area contributed by atoms with Crippen molar-refractivity contribution in [2.45, 2.75) is 38.3 Å². The van der Waals surface area contributed by atoms with E-state index in [1.165, 1.54) is 36.4 Å². The number of nitrogen functional groups attached to an aromatic ring is 1. The second-order valence-corrected chi connectivity index (χ2v) is 9.44. The predicted molar refractivity (Wildman–Crippen MR) is 152 cm³/mol. The fraction of sp³-hybridized carbons (Fsp3) is 0.286. The number of phenols is 1. The van der Waals surface area contributed by atoms with Crippen molar-refractivity contribution in [3.8, 4) is 34.8 Å². The zero-order chi connectivity index (χ0) is 31.1. The molecule has 1 aliphatic heterocycles. The number of nitrogens with one attached hydrogen (secondary N) is 2. The number of nitrogens with two attached hydrogens (primary N) is 3. The number of hydrogen-bond acceptors (Lipinski definition) is 10. The van der Waals surface area contributed by atoms with Gasteiger partial charge in [-0.1, -0.05) is 6.07 Å². The van der Waals surface area contributed by atoms with E-state index in [9.17, 15) is 9.90 Å². The SMILES string of the molecule is CCOC(=O)CC1CC(Oc2c(F)c(Oc3cccc(N=C(N)N)c3)nc(Oc3cc(C(=N)N)ccc3O)c2F)CCN1. The van der Waals surface area contributed by atoms with Crippen molar-refractivity contribution in [3.05, 3.63) is 59.7 Å². The van der Waals surface area contributed by atoms with Crippen LogP contribution in [0.3, 0.4) is 0 Å². The molecule has 1 aromatic heterocycles. The van der Waals surface area contributed by atoms with E-state index in [0.29, 0.717) is 18.7 Å². The summed E-state index contributed by atoms with van der Waals surface area (Å²) in [6.45, 7) is 2.34. The minimum atomic E-state index is -1.31. The molecule has 15 heteroatoms. The first-order chi connectivity index (χ1) is 20.5. The summed E-state index contributed by atoms with van der Waals surface area (Å²) in [4.78, 5) is 19.7. The van der Waals surface area contributed by atoms with E-state index in [0.717, 1.165) is 0 Å². The van der Waals surface area contributed by atoms with Crippen LogP contribution in [-0.2, 0) is 9.53 Å². The number of carbonyl (C=O) groups excluding carboxylic acids is 1. The maximum Gasteiger partial charge on any atom is 0.307 e. The van der Waals surface area contributed by atoms with Crippen LogP contribution in [-0.4, -0.2) is 53.2 Å². The van der Waals surface area contributed by atoms with E-state index in [1.54, 1.807) is 13.0 Å². The molecule has 13 nitrogen and oxygen atoms in total. The summed E-state index contributed by atoms with van der Waals surface area (Å²) < 4.78 is 53.6. The summed E-state index contributed by atoms with van der Waals surface area (Å²) in [7, 11) is 0. The number of pyridine rings is 1. The number of guanidine groups is 1. The summed E-state index contributed by atoms with van der Waals surface area (Å²) in [5, 5.41) is 21.1. The van der Waals surface area contributed by atoms with Crippen LogP contribution >= 0.6 is 0 Å². The molecule has 2 heterocycles. The van der Waals surface area contributed by atoms with Gasteiger partial charge in [0.2, 0.25) is 17.4 Å². The van der Waals surface area contributed by atoms with Gasteiger partial charge in [0.15, 0.2) is 17.5 Å². The lowest BCUT2D eigenvalue weighted by Crippen LogP contribution is -2.43. The number of aromatic nitrogens is 1. The number of carbonyl (C=O) groups is 1. The first-order valence-corrected chi connectivity index (χ1v) is 13.2. The van der Waals surface area contributed by atoms with Crippen molar-refractivity contribution in [1.82, 2.24) is 10.3 Å². The first-order valence-electron chi connectivity index (χ1n) is 13.2. The van der Waals surface area contributed by atoms with Gasteiger partial charge in [0.05, 0.1) is 18.7 Å². The molecule has 43 heavy (non-hydrogen) atoms. The Hall–Kier alpha value is -5.18. The molecule has 2 aromatic carbocycles. The molecule has 228 valence electrons. The molecule has 0 amide bonds. The van der Waals surface area contributed by atoms with Crippen LogP contribution in [0.25, 0.3) is 0 Å². The number of ether oxygens (including phenoxy) is 4. The minimum Gasteiger partial charge on any atom is -0.504 e. The van der Waals surface area contributed by atoms with Gasteiger partial charge >= 0.3 is 5.97 Å². The smallest absolute Gasteiger partial charge is 0.307 e. The molecule has 1 fully saturated rings. The summed E-state index contributed by atoms with van der Waals surface area (Å²) in [5.74, 6) is -6.58. The number of piperidine rings is 1. The standard InChI is InChI=1S/C28H31F2N7O6/c1-2-40-21(39)13-16-12-18(8-9-35-16)41-24-22(29)26(42-17-5-3-4-15(11-17)36-28(33)34)37-27(23(24)30)43-20-10-14(25(31)32)6-7-19(20)38/h3-7,10-11,16,18,35,38H,2,8-9,12-13H2,1H3,(H3,31,32)(H4,33,34,36). The van der Waals surface area contributed by atoms with Gasteiger partial charge in [0.25, 0.3) is 11.8 Å². The molecule has 2 unspecified atom stereocenters. The van der Waals surface area contributed by atoms with Crippen molar-refractivity contribution in [2.75, 3.05) is 13.2 Å². The number of esters is 1. The maximum atomic E-state index is 15.8. The van der Waals surface area contributed by atoms with Gasteiger partial charge in [0, 0.05) is 24.1 Å². The number of hydrogen-bond donors (Lipinski definition) is 6. The number of benzene rings is 2. The van der Waals surface area contributed by atoms with Crippen molar-refractivity contribution in [3.63, 3.8) is 0 Å². The Balaban J connectivity index is 1.71. The summed E-state index contributed by atoms with van der Waals surface area (Å²) in [6, 6.07) is 9.35. The van der Waals surface area contributed by atoms with Crippen molar-refractivity contribution in [1.29, 1.82) is 5.41 Å². The Bertz CT molecular complexity index is 1530. The zero-order valence-corrected chi connectivity index (χ0v) is 23.1. The highest BCUT2D eigenvalue weighted by Gasteiger charge is 2.31. The average molecular weight is 600 g/mol. The first kappa shape index (κ1) is 30.8. The van der Waals surface area contributed by atoms with Crippen LogP contribution < -0.4 is 36.7 Å². The lowest BCUT2D eigenvalue weighted by atomic mass is 9.99. The molecule has 9 N–H and O–H groups in total. The van der Waals surface area contributed by atoms with Gasteiger partial charge in [-0.15, -0.1) is 0 Å². The lowest BCUT2D eigenvalue weighted by Gasteiger charge is -2.30. The summed E-state index contributed by atoms with van der Waals surface area (Å²) in [6.07, 6.45) is -0.0358. The van der Waals surface area contributed by atoms with Crippen LogP contribution in [0.4, 0.5) is 14.5 Å². The van der Waals surface area contributed by atoms with Crippen molar-refractivity contribution in [2.24, 2.45) is 22.2 Å². The number of phenolic OH excluding ortho intramolecular Hbond substituents is 1. The third kappa shape index (κ3) is 7.97. The number of amidine groups is 1. The van der Waals surface area contributed by atoms with E-state index in [-0.39, 0.29) is 54.3 Å². The number of rotatable bonds is 11. The Morgan fingerprint density at radius 1 is 1.14 bits per heavy atom. The van der Waals surface area contributed by atoms with Gasteiger partial charge in [-0.2, -0.15) is 13.8 Å². The monoisotopic (exact) mass is 599 g/mol. The van der Waals surface area contributed by atoms with Crippen LogP contribution in [0.1, 0.15) is 31.7 Å². The minimum absolute atomic E-state index is 0.0511. The molecular formula is C28H31F2N7O6. The number of aromatic hydroxyl groups is 1. The maximum absolute atomic E-state index is 15.8. The lowest BCUT2D eigenvalue weighted by molar-refractivity contribution is -0.144. The molecule has 1 saturated heterocycles. The predicted octanol–water partition coefficient (Wildman–Crippen LogP) is 3.29. The van der Waals surface area contributed by atoms with Gasteiger partial charge in [-0.3, -0.25) is 10.2 Å². The molecule has 1 aliphatic rings. The number of aliphatic imine (C=N–C) groups is 1. The fourth-order valence-electron chi connectivity index (χ4n) is 4.28. The van der Waals surface area contributed by atoms with Gasteiger partial charge in [0.1, 0.15) is 17.7 Å². The molecule has 0 aliphatic carbocycles. The summed E-state index contributed by atoms with van der Waals surface area (Å²) >= 11 is 0. The molecular weight excluding hydrogens is 568 g/mol. The van der Waals surface area contributed by atoms with Crippen LogP contribution in [0, 0.1) is 17.0 Å². The molecule has 0 saturated carbocycles. The van der Waals surface area contributed by atoms with Gasteiger partial charge in [-0.25, -0.2) is 4.99 Å². The van der Waals surface area contributed by atoms with Crippen molar-refractivity contribution < 1.29 is 37.6 Å². The third-order valence-corrected chi connectivity index (χ3v) is 6.19. The van der Waals surface area contributed by atoms with E-state index >= 15 is 8.78 Å². The van der Waals surface area contributed by atoms with E-state index in [1.807, 2.05) is 0 Å². The Labute approximate surface area is 245 Å². The molecule has 0 spiro atoms. The van der Waals surface area contributed by atoms with Crippen LogP contribution in [0.2, 0.25) is 0 Å². The van der Waals surface area contributed by atoms with Gasteiger partial charge in [-0.05, 0) is 50.2 Å². The van der Waals surface area contributed by atoms with E-state index in [2.05, 4.69) is 15.3 Å². The quantitative estimate of drug-likeness (QED) is 0.107. The largest absolute Gasteiger partial charge is 0.504 e. The van der Waals surface area contributed by atoms with Gasteiger partial charge < -0.3 is 46.6 Å². The number of halogens is 2. The number of nitrogens with zero attached hydrogens (tertiary/aromatic N) is 2. The Morgan fingerprint density at radius 3 is 2.58 bits per heavy atom. The second-order valence-electron chi connectivity index (χ2n) is 9.44. The molecule has 0 radical (unpaired) electrons. The topological polar surface area (TPSA) is 213 Å². The molecule has 4 rings (SSSR count). The normalized spacial score (nSPS) is 16.2. The van der Waals surface area contributed by atoms with Crippen LogP contribution in [0.15, 0.2) is 47.5 Å². The third-order valence-electron chi connectivity index (χ3n) is 6.19. The fourth-order valence-corrected chi connectivity index (χ4v) is 4.28. The second kappa shape index (κ2) is 13.7. The molecule has 3 aromatic rings. The highest BCUT2D eigenvalue weighted by atomic mass is 19.1. The van der Waals surface area contributed by atoms with E-state index in [4.69, 9.17) is 41.6 Å². The molecule has 2 atom stereocenters. The highest BCUT2D eigenvalue weighted by molar-refractivity contribution is 5.95. The summed E-state index contributed by atoms with van der Waals surface area (Å²) in [5.41, 5.74) is 16.8.